The van der Waals surface area contributed by atoms with E-state index in [4.69, 9.17) is 9.57 Å². The number of oxime groups is 1. The molecule has 3 fully saturated rings. The van der Waals surface area contributed by atoms with Crippen LogP contribution in [0.2, 0.25) is 0 Å². The highest BCUT2D eigenvalue weighted by molar-refractivity contribution is 5.86. The van der Waals surface area contributed by atoms with Crippen molar-refractivity contribution in [2.75, 3.05) is 6.61 Å². The van der Waals surface area contributed by atoms with E-state index in [1.54, 1.807) is 0 Å². The molecule has 0 aromatic carbocycles. The van der Waals surface area contributed by atoms with E-state index in [0.29, 0.717) is 24.0 Å². The molecule has 3 heterocycles. The lowest BCUT2D eigenvalue weighted by Gasteiger charge is -2.43. The quantitative estimate of drug-likeness (QED) is 0.542. The van der Waals surface area contributed by atoms with E-state index in [1.807, 2.05) is 0 Å². The van der Waals surface area contributed by atoms with E-state index in [1.165, 1.54) is 12.8 Å². The largest absolute Gasteiger partial charge is 0.391 e. The number of fused-ring (bicyclic) bond motifs is 2. The Hall–Kier alpha value is -0.570. The number of rotatable bonds is 0. The van der Waals surface area contributed by atoms with Gasteiger partial charge >= 0.3 is 0 Å². The molecule has 3 aliphatic heterocycles. The molecule has 3 heteroatoms. The second-order valence-electron chi connectivity index (χ2n) is 4.04. The second-order valence-corrected chi connectivity index (χ2v) is 4.04. The third kappa shape index (κ3) is 0.724. The molecule has 4 rings (SSSR count). The highest BCUT2D eigenvalue weighted by Crippen LogP contribution is 2.42. The summed E-state index contributed by atoms with van der Waals surface area (Å²) in [6, 6.07) is 0. The number of hydrogen-bond acceptors (Lipinski definition) is 3. The maximum Gasteiger partial charge on any atom is 0.143 e. The number of ether oxygens (including phenoxy) is 1. The van der Waals surface area contributed by atoms with Crippen LogP contribution in [0.3, 0.4) is 0 Å². The predicted molar refractivity (Wildman–Crippen MR) is 43.9 cm³/mol. The third-order valence-corrected chi connectivity index (χ3v) is 3.37. The lowest BCUT2D eigenvalue weighted by atomic mass is 9.73. The summed E-state index contributed by atoms with van der Waals surface area (Å²) in [7, 11) is 0. The molecule has 0 spiro atoms. The maximum absolute atomic E-state index is 5.70. The van der Waals surface area contributed by atoms with Crippen LogP contribution in [0.1, 0.15) is 19.8 Å². The molecule has 2 bridgehead atoms. The van der Waals surface area contributed by atoms with Gasteiger partial charge in [0.25, 0.3) is 0 Å². The first kappa shape index (κ1) is 6.89. The van der Waals surface area contributed by atoms with Gasteiger partial charge in [-0.25, -0.2) is 0 Å². The van der Waals surface area contributed by atoms with Crippen LogP contribution in [0.4, 0.5) is 0 Å². The number of nitrogens with zero attached hydrogens (tertiary/aromatic N) is 1. The zero-order valence-electron chi connectivity index (χ0n) is 7.19. The molecule has 0 radical (unpaired) electrons. The molecule has 3 nitrogen and oxygen atoms in total. The topological polar surface area (TPSA) is 30.8 Å². The zero-order chi connectivity index (χ0) is 8.13. The first-order valence-electron chi connectivity index (χ1n) is 4.68. The van der Waals surface area contributed by atoms with E-state index in [2.05, 4.69) is 12.1 Å². The van der Waals surface area contributed by atoms with Gasteiger partial charge < -0.3 is 9.57 Å². The van der Waals surface area contributed by atoms with Crippen molar-refractivity contribution in [3.63, 3.8) is 0 Å². The molecule has 0 N–H and O–H groups in total. The molecule has 4 aliphatic rings. The van der Waals surface area contributed by atoms with Crippen molar-refractivity contribution in [3.05, 3.63) is 0 Å². The normalized spacial score (nSPS) is 49.9. The van der Waals surface area contributed by atoms with Gasteiger partial charge in [-0.3, -0.25) is 0 Å². The zero-order valence-corrected chi connectivity index (χ0v) is 7.19. The standard InChI is InChI=1S/C9H13NO2/c1-5-8-7-3-2-6(4-11-7)9(8)12-10-5/h6-9H,2-4H2,1H3/t6-,7-,8-,9+/m0/s1. The van der Waals surface area contributed by atoms with Crippen molar-refractivity contribution in [1.82, 2.24) is 0 Å². The van der Waals surface area contributed by atoms with Crippen molar-refractivity contribution < 1.29 is 9.57 Å². The Morgan fingerprint density at radius 3 is 3.00 bits per heavy atom. The molecule has 66 valence electrons. The fourth-order valence-electron chi connectivity index (χ4n) is 2.70. The van der Waals surface area contributed by atoms with E-state index >= 15 is 0 Å². The van der Waals surface area contributed by atoms with Gasteiger partial charge in [0.1, 0.15) is 6.10 Å². The van der Waals surface area contributed by atoms with Crippen LogP contribution in [-0.4, -0.2) is 24.5 Å². The molecule has 0 unspecified atom stereocenters. The molecular formula is C9H13NO2. The van der Waals surface area contributed by atoms with Crippen molar-refractivity contribution >= 4 is 5.71 Å². The van der Waals surface area contributed by atoms with Crippen molar-refractivity contribution in [1.29, 1.82) is 0 Å². The SMILES string of the molecule is CC1=NO[C@@H]2[C@H]3CC[C@H](OC3)[C@H]12. The Morgan fingerprint density at radius 2 is 2.33 bits per heavy atom. The molecule has 1 saturated carbocycles. The van der Waals surface area contributed by atoms with Crippen molar-refractivity contribution in [3.8, 4) is 0 Å². The summed E-state index contributed by atoms with van der Waals surface area (Å²) < 4.78 is 5.70. The Bertz CT molecular complexity index is 231. The van der Waals surface area contributed by atoms with Gasteiger partial charge in [-0.2, -0.15) is 0 Å². The minimum absolute atomic E-state index is 0.345. The minimum Gasteiger partial charge on any atom is -0.391 e. The summed E-state index contributed by atoms with van der Waals surface area (Å²) in [4.78, 5) is 5.41. The molecule has 0 aromatic heterocycles. The van der Waals surface area contributed by atoms with Gasteiger partial charge in [0.2, 0.25) is 0 Å². The van der Waals surface area contributed by atoms with Crippen LogP contribution in [0.15, 0.2) is 5.16 Å². The van der Waals surface area contributed by atoms with Gasteiger partial charge in [0.15, 0.2) is 0 Å². The molecule has 4 atom stereocenters. The predicted octanol–water partition coefficient (Wildman–Crippen LogP) is 1.19. The smallest absolute Gasteiger partial charge is 0.143 e. The van der Waals surface area contributed by atoms with E-state index in [-0.39, 0.29) is 0 Å². The van der Waals surface area contributed by atoms with Crippen LogP contribution in [0.25, 0.3) is 0 Å². The highest BCUT2D eigenvalue weighted by atomic mass is 16.7. The summed E-state index contributed by atoms with van der Waals surface area (Å²) in [6.07, 6.45) is 3.19. The molecule has 2 saturated heterocycles. The van der Waals surface area contributed by atoms with Crippen molar-refractivity contribution in [2.45, 2.75) is 32.0 Å². The van der Waals surface area contributed by atoms with Crippen LogP contribution in [0, 0.1) is 11.8 Å². The summed E-state index contributed by atoms with van der Waals surface area (Å²) >= 11 is 0. The summed E-state index contributed by atoms with van der Waals surface area (Å²) in [6.45, 7) is 2.93. The van der Waals surface area contributed by atoms with E-state index in [0.717, 1.165) is 12.3 Å². The Kier molecular flexibility index (Phi) is 1.28. The fraction of sp³-hybridized carbons (Fsp3) is 0.889. The van der Waals surface area contributed by atoms with Gasteiger partial charge in [-0.15, -0.1) is 0 Å². The van der Waals surface area contributed by atoms with Gasteiger partial charge in [0, 0.05) is 5.92 Å². The molecule has 0 aromatic rings. The first-order chi connectivity index (χ1) is 5.86. The lowest BCUT2D eigenvalue weighted by Crippen LogP contribution is -2.51. The number of hydrogen-bond donors (Lipinski definition) is 0. The van der Waals surface area contributed by atoms with E-state index in [9.17, 15) is 0 Å². The van der Waals surface area contributed by atoms with Crippen molar-refractivity contribution in [2.24, 2.45) is 17.0 Å². The fourth-order valence-corrected chi connectivity index (χ4v) is 2.70. The van der Waals surface area contributed by atoms with Gasteiger partial charge in [-0.1, -0.05) is 5.16 Å². The molecule has 12 heavy (non-hydrogen) atoms. The summed E-state index contributed by atoms with van der Waals surface area (Å²) in [5.41, 5.74) is 1.13. The first-order valence-corrected chi connectivity index (χ1v) is 4.68. The van der Waals surface area contributed by atoms with Gasteiger partial charge in [0.05, 0.1) is 24.3 Å². The monoisotopic (exact) mass is 167 g/mol. The summed E-state index contributed by atoms with van der Waals surface area (Å²) in [5, 5.41) is 4.06. The van der Waals surface area contributed by atoms with Gasteiger partial charge in [-0.05, 0) is 19.8 Å². The highest BCUT2D eigenvalue weighted by Gasteiger charge is 2.50. The lowest BCUT2D eigenvalue weighted by molar-refractivity contribution is -0.152. The Morgan fingerprint density at radius 1 is 1.42 bits per heavy atom. The van der Waals surface area contributed by atoms with E-state index < -0.39 is 0 Å². The van der Waals surface area contributed by atoms with Crippen LogP contribution in [-0.2, 0) is 9.57 Å². The minimum atomic E-state index is 0.345. The second kappa shape index (κ2) is 2.22. The molecule has 0 amide bonds. The maximum atomic E-state index is 5.70. The third-order valence-electron chi connectivity index (χ3n) is 3.37. The van der Waals surface area contributed by atoms with Crippen LogP contribution in [0.5, 0.6) is 0 Å². The molecule has 1 aliphatic carbocycles. The Balaban J connectivity index is 1.94. The molecular weight excluding hydrogens is 154 g/mol. The Labute approximate surface area is 71.7 Å². The average molecular weight is 167 g/mol. The summed E-state index contributed by atoms with van der Waals surface area (Å²) in [5.74, 6) is 1.07. The van der Waals surface area contributed by atoms with Crippen LogP contribution < -0.4 is 0 Å². The van der Waals surface area contributed by atoms with Crippen LogP contribution >= 0.6 is 0 Å². The average Bonchev–Trinajstić information content (AvgIpc) is 2.53.